The molecule has 4 nitrogen and oxygen atoms in total. The fraction of sp³-hybridized carbons (Fsp3) is 0.588. The molecule has 1 aliphatic rings. The van der Waals surface area contributed by atoms with Crippen molar-refractivity contribution in [2.75, 3.05) is 33.2 Å². The fourth-order valence-electron chi connectivity index (χ4n) is 2.83. The molecule has 1 aromatic carbocycles. The second kappa shape index (κ2) is 8.37. The minimum Gasteiger partial charge on any atom is -0.356 e. The van der Waals surface area contributed by atoms with Crippen molar-refractivity contribution >= 4 is 5.96 Å². The van der Waals surface area contributed by atoms with Gasteiger partial charge in [-0.3, -0.25) is 9.89 Å². The molecular weight excluding hydrogens is 317 g/mol. The van der Waals surface area contributed by atoms with E-state index in [1.807, 2.05) is 6.92 Å². The van der Waals surface area contributed by atoms with Gasteiger partial charge in [0, 0.05) is 26.7 Å². The summed E-state index contributed by atoms with van der Waals surface area (Å²) in [7, 11) is 1.69. The molecule has 1 unspecified atom stereocenters. The van der Waals surface area contributed by atoms with E-state index in [1.54, 1.807) is 7.05 Å². The van der Waals surface area contributed by atoms with E-state index in [0.29, 0.717) is 32.1 Å². The second-order valence-electron chi connectivity index (χ2n) is 6.30. The highest BCUT2D eigenvalue weighted by Gasteiger charge is 2.34. The van der Waals surface area contributed by atoms with Crippen LogP contribution in [-0.2, 0) is 6.54 Å². The maximum absolute atomic E-state index is 12.4. The Morgan fingerprint density at radius 1 is 1.25 bits per heavy atom. The molecule has 1 saturated heterocycles. The third-order valence-electron chi connectivity index (χ3n) is 4.14. The standard InChI is InChI=1S/C17H25F3N4/c1-13-3-5-14(6-4-13)9-22-16(21-2)23-10-15-7-8-24(11-15)12-17(18,19)20/h3-6,15H,7-12H2,1-2H3,(H2,21,22,23). The maximum atomic E-state index is 12.4. The van der Waals surface area contributed by atoms with Crippen molar-refractivity contribution in [2.24, 2.45) is 10.9 Å². The number of nitrogens with one attached hydrogen (secondary N) is 2. The van der Waals surface area contributed by atoms with Gasteiger partial charge >= 0.3 is 6.18 Å². The van der Waals surface area contributed by atoms with Crippen LogP contribution in [-0.4, -0.2) is 50.3 Å². The summed E-state index contributed by atoms with van der Waals surface area (Å²) in [5.74, 6) is 0.884. The average molecular weight is 342 g/mol. The molecule has 1 atom stereocenters. The first-order valence-electron chi connectivity index (χ1n) is 8.15. The highest BCUT2D eigenvalue weighted by Crippen LogP contribution is 2.22. The van der Waals surface area contributed by atoms with Gasteiger partial charge in [-0.05, 0) is 31.4 Å². The number of aliphatic imine (C=N–C) groups is 1. The molecule has 2 rings (SSSR count). The number of aryl methyl sites for hydroxylation is 1. The molecule has 0 radical (unpaired) electrons. The largest absolute Gasteiger partial charge is 0.401 e. The number of hydrogen-bond acceptors (Lipinski definition) is 2. The van der Waals surface area contributed by atoms with Gasteiger partial charge < -0.3 is 10.6 Å². The number of alkyl halides is 3. The molecule has 2 N–H and O–H groups in total. The number of hydrogen-bond donors (Lipinski definition) is 2. The molecule has 0 amide bonds. The zero-order valence-electron chi connectivity index (χ0n) is 14.2. The Morgan fingerprint density at radius 2 is 1.96 bits per heavy atom. The van der Waals surface area contributed by atoms with Gasteiger partial charge in [-0.1, -0.05) is 29.8 Å². The molecule has 1 aliphatic heterocycles. The zero-order chi connectivity index (χ0) is 17.6. The van der Waals surface area contributed by atoms with Crippen molar-refractivity contribution in [1.29, 1.82) is 0 Å². The minimum absolute atomic E-state index is 0.213. The zero-order valence-corrected chi connectivity index (χ0v) is 14.2. The van der Waals surface area contributed by atoms with Crippen molar-refractivity contribution in [3.63, 3.8) is 0 Å². The van der Waals surface area contributed by atoms with Crippen LogP contribution in [0.3, 0.4) is 0 Å². The third-order valence-corrected chi connectivity index (χ3v) is 4.14. The Bertz CT molecular complexity index is 540. The molecule has 0 spiro atoms. The van der Waals surface area contributed by atoms with Gasteiger partial charge in [-0.25, -0.2) is 0 Å². The van der Waals surface area contributed by atoms with Gasteiger partial charge in [0.15, 0.2) is 5.96 Å². The molecule has 134 valence electrons. The Labute approximate surface area is 141 Å². The molecule has 24 heavy (non-hydrogen) atoms. The van der Waals surface area contributed by atoms with Crippen molar-refractivity contribution < 1.29 is 13.2 Å². The number of likely N-dealkylation sites (tertiary alicyclic amines) is 1. The molecule has 1 fully saturated rings. The summed E-state index contributed by atoms with van der Waals surface area (Å²) in [6.45, 7) is 3.49. The van der Waals surface area contributed by atoms with Gasteiger partial charge in [0.25, 0.3) is 0 Å². The minimum atomic E-state index is -4.12. The summed E-state index contributed by atoms with van der Waals surface area (Å²) in [4.78, 5) is 5.63. The van der Waals surface area contributed by atoms with Gasteiger partial charge in [-0.2, -0.15) is 13.2 Å². The lowest BCUT2D eigenvalue weighted by Crippen LogP contribution is -2.40. The van der Waals surface area contributed by atoms with Crippen LogP contribution in [0.25, 0.3) is 0 Å². The average Bonchev–Trinajstić information content (AvgIpc) is 2.94. The molecule has 0 aliphatic carbocycles. The molecule has 1 heterocycles. The van der Waals surface area contributed by atoms with E-state index >= 15 is 0 Å². The number of benzene rings is 1. The van der Waals surface area contributed by atoms with Crippen LogP contribution >= 0.6 is 0 Å². The first-order valence-corrected chi connectivity index (χ1v) is 8.15. The van der Waals surface area contributed by atoms with E-state index < -0.39 is 12.7 Å². The summed E-state index contributed by atoms with van der Waals surface area (Å²) in [5.41, 5.74) is 2.37. The molecule has 0 saturated carbocycles. The van der Waals surface area contributed by atoms with E-state index in [9.17, 15) is 13.2 Å². The summed E-state index contributed by atoms with van der Waals surface area (Å²) in [6, 6.07) is 8.23. The monoisotopic (exact) mass is 342 g/mol. The molecule has 7 heteroatoms. The SMILES string of the molecule is CN=C(NCc1ccc(C)cc1)NCC1CCN(CC(F)(F)F)C1. The van der Waals surface area contributed by atoms with Gasteiger partial charge in [-0.15, -0.1) is 0 Å². The lowest BCUT2D eigenvalue weighted by molar-refractivity contribution is -0.143. The van der Waals surface area contributed by atoms with E-state index in [4.69, 9.17) is 0 Å². The Morgan fingerprint density at radius 3 is 2.58 bits per heavy atom. The summed E-state index contributed by atoms with van der Waals surface area (Å²) in [5, 5.41) is 6.43. The van der Waals surface area contributed by atoms with Crippen LogP contribution in [0.15, 0.2) is 29.3 Å². The predicted octanol–water partition coefficient (Wildman–Crippen LogP) is 2.54. The van der Waals surface area contributed by atoms with Crippen LogP contribution in [0.5, 0.6) is 0 Å². The highest BCUT2D eigenvalue weighted by atomic mass is 19.4. The maximum Gasteiger partial charge on any atom is 0.401 e. The Hall–Kier alpha value is -1.76. The molecule has 1 aromatic rings. The Balaban J connectivity index is 1.71. The molecule has 0 aromatic heterocycles. The van der Waals surface area contributed by atoms with E-state index in [1.165, 1.54) is 10.5 Å². The number of nitrogens with zero attached hydrogens (tertiary/aromatic N) is 2. The van der Waals surface area contributed by atoms with Crippen LogP contribution in [0.4, 0.5) is 13.2 Å². The van der Waals surface area contributed by atoms with Crippen LogP contribution in [0, 0.1) is 12.8 Å². The van der Waals surface area contributed by atoms with E-state index in [-0.39, 0.29) is 5.92 Å². The summed E-state index contributed by atoms with van der Waals surface area (Å²) < 4.78 is 37.2. The van der Waals surface area contributed by atoms with Crippen molar-refractivity contribution in [3.05, 3.63) is 35.4 Å². The van der Waals surface area contributed by atoms with Gasteiger partial charge in [0.2, 0.25) is 0 Å². The lowest BCUT2D eigenvalue weighted by atomic mass is 10.1. The van der Waals surface area contributed by atoms with Crippen LogP contribution in [0.1, 0.15) is 17.5 Å². The number of rotatable bonds is 5. The quantitative estimate of drug-likeness (QED) is 0.638. The lowest BCUT2D eigenvalue weighted by Gasteiger charge is -2.18. The Kier molecular flexibility index (Phi) is 6.48. The second-order valence-corrected chi connectivity index (χ2v) is 6.30. The van der Waals surface area contributed by atoms with Gasteiger partial charge in [0.1, 0.15) is 0 Å². The number of halogens is 3. The topological polar surface area (TPSA) is 39.7 Å². The van der Waals surface area contributed by atoms with E-state index in [0.717, 1.165) is 12.0 Å². The number of guanidine groups is 1. The normalized spacial score (nSPS) is 19.5. The third kappa shape index (κ3) is 6.39. The summed E-state index contributed by atoms with van der Waals surface area (Å²) >= 11 is 0. The van der Waals surface area contributed by atoms with E-state index in [2.05, 4.69) is 39.9 Å². The smallest absolute Gasteiger partial charge is 0.356 e. The van der Waals surface area contributed by atoms with Crippen LogP contribution < -0.4 is 10.6 Å². The van der Waals surface area contributed by atoms with Gasteiger partial charge in [0.05, 0.1) is 6.54 Å². The first kappa shape index (κ1) is 18.6. The van der Waals surface area contributed by atoms with Crippen molar-refractivity contribution in [1.82, 2.24) is 15.5 Å². The predicted molar refractivity (Wildman–Crippen MR) is 90.0 cm³/mol. The molecular formula is C17H25F3N4. The van der Waals surface area contributed by atoms with Crippen molar-refractivity contribution in [3.8, 4) is 0 Å². The van der Waals surface area contributed by atoms with Crippen molar-refractivity contribution in [2.45, 2.75) is 26.1 Å². The highest BCUT2D eigenvalue weighted by molar-refractivity contribution is 5.79. The van der Waals surface area contributed by atoms with Crippen LogP contribution in [0.2, 0.25) is 0 Å². The molecule has 0 bridgehead atoms. The summed E-state index contributed by atoms with van der Waals surface area (Å²) in [6.07, 6.45) is -3.34. The fourth-order valence-corrected chi connectivity index (χ4v) is 2.83. The first-order chi connectivity index (χ1) is 11.4.